The number of aromatic nitrogens is 1. The molecular formula is C20H24N2O6S. The lowest BCUT2D eigenvalue weighted by Crippen LogP contribution is -2.35. The molecule has 0 spiro atoms. The van der Waals surface area contributed by atoms with Crippen molar-refractivity contribution in [3.8, 4) is 5.75 Å². The average molecular weight is 420 g/mol. The Morgan fingerprint density at radius 1 is 1.17 bits per heavy atom. The Morgan fingerprint density at radius 3 is 2.52 bits per heavy atom. The van der Waals surface area contributed by atoms with Crippen molar-refractivity contribution in [1.29, 1.82) is 0 Å². The number of nitrogens with zero attached hydrogens (tertiary/aromatic N) is 1. The molecule has 0 radical (unpaired) electrons. The molecule has 1 atom stereocenters. The summed E-state index contributed by atoms with van der Waals surface area (Å²) in [7, 11) is -3.90. The number of hydrogen-bond acceptors (Lipinski definition) is 6. The Morgan fingerprint density at radius 2 is 1.86 bits per heavy atom. The van der Waals surface area contributed by atoms with Gasteiger partial charge in [0, 0.05) is 18.7 Å². The lowest BCUT2D eigenvalue weighted by molar-refractivity contribution is 0.111. The lowest BCUT2D eigenvalue weighted by atomic mass is 10.2. The Labute approximate surface area is 168 Å². The zero-order valence-corrected chi connectivity index (χ0v) is 17.3. The minimum atomic E-state index is -3.90. The van der Waals surface area contributed by atoms with Gasteiger partial charge < -0.3 is 14.3 Å². The van der Waals surface area contributed by atoms with Gasteiger partial charge in [0.05, 0.1) is 10.4 Å². The van der Waals surface area contributed by atoms with E-state index in [0.29, 0.717) is 11.3 Å². The summed E-state index contributed by atoms with van der Waals surface area (Å²) in [6.07, 6.45) is -1.03. The van der Waals surface area contributed by atoms with Crippen molar-refractivity contribution in [2.45, 2.75) is 37.8 Å². The second-order valence-corrected chi connectivity index (χ2v) is 8.86. The van der Waals surface area contributed by atoms with Crippen LogP contribution in [0.15, 0.2) is 56.6 Å². The van der Waals surface area contributed by atoms with Crippen LogP contribution in [0.4, 0.5) is 0 Å². The first kappa shape index (κ1) is 21.1. The Kier molecular flexibility index (Phi) is 6.11. The zero-order chi connectivity index (χ0) is 21.2. The van der Waals surface area contributed by atoms with Gasteiger partial charge in [-0.1, -0.05) is 17.7 Å². The van der Waals surface area contributed by atoms with Crippen LogP contribution in [0.1, 0.15) is 25.5 Å². The summed E-state index contributed by atoms with van der Waals surface area (Å²) in [5.74, 6) is 0.0498. The van der Waals surface area contributed by atoms with Crippen LogP contribution in [0, 0.1) is 6.92 Å². The van der Waals surface area contributed by atoms with Crippen LogP contribution in [0.5, 0.6) is 5.75 Å². The second kappa shape index (κ2) is 8.40. The van der Waals surface area contributed by atoms with Gasteiger partial charge in [-0.05, 0) is 45.0 Å². The molecule has 0 aliphatic rings. The molecule has 1 aromatic heterocycles. The third-order valence-corrected chi connectivity index (χ3v) is 5.81. The van der Waals surface area contributed by atoms with E-state index in [1.807, 2.05) is 32.9 Å². The number of fused-ring (bicyclic) bond motifs is 1. The largest absolute Gasteiger partial charge is 0.491 e. The molecular weight excluding hydrogens is 396 g/mol. The number of ether oxygens (including phenoxy) is 1. The van der Waals surface area contributed by atoms with Gasteiger partial charge in [0.15, 0.2) is 5.58 Å². The highest BCUT2D eigenvalue weighted by molar-refractivity contribution is 7.89. The van der Waals surface area contributed by atoms with E-state index in [4.69, 9.17) is 9.15 Å². The molecule has 0 aliphatic carbocycles. The molecule has 1 heterocycles. The van der Waals surface area contributed by atoms with Crippen LogP contribution in [-0.4, -0.2) is 37.3 Å². The number of hydrogen-bond donors (Lipinski definition) is 2. The smallest absolute Gasteiger partial charge is 0.420 e. The molecule has 2 N–H and O–H groups in total. The maximum atomic E-state index is 12.5. The van der Waals surface area contributed by atoms with Crippen molar-refractivity contribution < 1.29 is 22.7 Å². The molecule has 2 aromatic carbocycles. The first-order valence-electron chi connectivity index (χ1n) is 9.19. The summed E-state index contributed by atoms with van der Waals surface area (Å²) < 4.78 is 39.5. The number of nitrogens with one attached hydrogen (secondary N) is 1. The molecule has 0 unspecified atom stereocenters. The Hall–Kier alpha value is -2.62. The van der Waals surface area contributed by atoms with E-state index < -0.39 is 21.9 Å². The highest BCUT2D eigenvalue weighted by Gasteiger charge is 2.19. The standard InChI is InChI=1S/C20H24N2O6S/c1-13(2)22-18-9-8-17(10-19(18)28-20(22)24)29(25,26)21-11-15(23)12-27-16-6-4-14(3)5-7-16/h4-10,13,15,21,23H,11-12H2,1-3H3/t15-/m1/s1. The van der Waals surface area contributed by atoms with E-state index in [0.717, 1.165) is 5.56 Å². The average Bonchev–Trinajstić information content (AvgIpc) is 3.01. The van der Waals surface area contributed by atoms with Gasteiger partial charge in [0.1, 0.15) is 18.5 Å². The summed E-state index contributed by atoms with van der Waals surface area (Å²) in [5.41, 5.74) is 1.80. The van der Waals surface area contributed by atoms with Crippen LogP contribution in [-0.2, 0) is 10.0 Å². The summed E-state index contributed by atoms with van der Waals surface area (Å²) >= 11 is 0. The lowest BCUT2D eigenvalue weighted by Gasteiger charge is -2.14. The predicted molar refractivity (Wildman–Crippen MR) is 109 cm³/mol. The first-order valence-corrected chi connectivity index (χ1v) is 10.7. The van der Waals surface area contributed by atoms with Crippen molar-refractivity contribution in [1.82, 2.24) is 9.29 Å². The molecule has 0 saturated carbocycles. The molecule has 0 fully saturated rings. The summed E-state index contributed by atoms with van der Waals surface area (Å²) in [4.78, 5) is 11.9. The third kappa shape index (κ3) is 4.87. The van der Waals surface area contributed by atoms with Crippen LogP contribution in [0.3, 0.4) is 0 Å². The summed E-state index contributed by atoms with van der Waals surface area (Å²) in [6, 6.07) is 11.4. The number of sulfonamides is 1. The van der Waals surface area contributed by atoms with Crippen molar-refractivity contribution in [3.05, 3.63) is 58.6 Å². The van der Waals surface area contributed by atoms with Gasteiger partial charge >= 0.3 is 5.76 Å². The van der Waals surface area contributed by atoms with Crippen molar-refractivity contribution >= 4 is 21.1 Å². The quantitative estimate of drug-likeness (QED) is 0.578. The van der Waals surface area contributed by atoms with Gasteiger partial charge in [-0.15, -0.1) is 0 Å². The summed E-state index contributed by atoms with van der Waals surface area (Å²) in [6.45, 7) is 5.35. The second-order valence-electron chi connectivity index (χ2n) is 7.09. The molecule has 8 nitrogen and oxygen atoms in total. The first-order chi connectivity index (χ1) is 13.7. The van der Waals surface area contributed by atoms with Gasteiger partial charge in [0.2, 0.25) is 10.0 Å². The molecule has 0 saturated heterocycles. The van der Waals surface area contributed by atoms with E-state index in [2.05, 4.69) is 4.72 Å². The fraction of sp³-hybridized carbons (Fsp3) is 0.350. The van der Waals surface area contributed by atoms with Crippen molar-refractivity contribution in [2.75, 3.05) is 13.2 Å². The number of oxazole rings is 1. The highest BCUT2D eigenvalue weighted by atomic mass is 32.2. The van der Waals surface area contributed by atoms with Gasteiger partial charge in [-0.2, -0.15) is 0 Å². The van der Waals surface area contributed by atoms with Crippen LogP contribution in [0.2, 0.25) is 0 Å². The number of aliphatic hydroxyl groups is 1. The van der Waals surface area contributed by atoms with E-state index >= 15 is 0 Å². The van der Waals surface area contributed by atoms with Crippen LogP contribution >= 0.6 is 0 Å². The monoisotopic (exact) mass is 420 g/mol. The number of aliphatic hydroxyl groups excluding tert-OH is 1. The van der Waals surface area contributed by atoms with E-state index in [-0.39, 0.29) is 29.7 Å². The Bertz CT molecular complexity index is 1150. The number of benzene rings is 2. The van der Waals surface area contributed by atoms with E-state index in [1.54, 1.807) is 12.1 Å². The highest BCUT2D eigenvalue weighted by Crippen LogP contribution is 2.21. The molecule has 0 bridgehead atoms. The molecule has 3 aromatic rings. The van der Waals surface area contributed by atoms with Gasteiger partial charge in [-0.3, -0.25) is 4.57 Å². The molecule has 0 amide bonds. The topological polar surface area (TPSA) is 111 Å². The SMILES string of the molecule is Cc1ccc(OC[C@H](O)CNS(=O)(=O)c2ccc3c(c2)oc(=O)n3C(C)C)cc1. The maximum absolute atomic E-state index is 12.5. The fourth-order valence-corrected chi connectivity index (χ4v) is 3.94. The van der Waals surface area contributed by atoms with E-state index in [1.165, 1.54) is 22.8 Å². The number of rotatable bonds is 8. The Balaban J connectivity index is 1.65. The molecule has 156 valence electrons. The minimum Gasteiger partial charge on any atom is -0.491 e. The van der Waals surface area contributed by atoms with Crippen LogP contribution < -0.4 is 15.2 Å². The molecule has 3 rings (SSSR count). The molecule has 0 aliphatic heterocycles. The molecule has 9 heteroatoms. The summed E-state index contributed by atoms with van der Waals surface area (Å²) in [5, 5.41) is 10.0. The number of aryl methyl sites for hydroxylation is 1. The zero-order valence-electron chi connectivity index (χ0n) is 16.5. The fourth-order valence-electron chi connectivity index (χ4n) is 2.85. The minimum absolute atomic E-state index is 0.0543. The van der Waals surface area contributed by atoms with E-state index in [9.17, 15) is 18.3 Å². The van der Waals surface area contributed by atoms with Gasteiger partial charge in [0.25, 0.3) is 0 Å². The van der Waals surface area contributed by atoms with Crippen LogP contribution in [0.25, 0.3) is 11.1 Å². The third-order valence-electron chi connectivity index (χ3n) is 4.38. The van der Waals surface area contributed by atoms with Gasteiger partial charge in [-0.25, -0.2) is 17.9 Å². The van der Waals surface area contributed by atoms with Crippen molar-refractivity contribution in [3.63, 3.8) is 0 Å². The predicted octanol–water partition coefficient (Wildman–Crippen LogP) is 2.20. The normalized spacial score (nSPS) is 13.1. The van der Waals surface area contributed by atoms with Crippen molar-refractivity contribution in [2.24, 2.45) is 0 Å². The molecule has 29 heavy (non-hydrogen) atoms. The maximum Gasteiger partial charge on any atom is 0.420 e.